The SMILES string of the molecule is COC(=O)c1cc(C)nc2c1-c1[nH]c(C)cc1C1(OCCCO1)C2=O. The highest BCUT2D eigenvalue weighted by Gasteiger charge is 2.53. The lowest BCUT2D eigenvalue weighted by Gasteiger charge is -2.38. The van der Waals surface area contributed by atoms with Gasteiger partial charge in [0, 0.05) is 22.5 Å². The normalized spacial score (nSPS) is 18.0. The highest BCUT2D eigenvalue weighted by Crippen LogP contribution is 2.46. The van der Waals surface area contributed by atoms with Gasteiger partial charge in [-0.3, -0.25) is 4.79 Å². The number of carbonyl (C=O) groups is 2. The molecule has 1 saturated heterocycles. The van der Waals surface area contributed by atoms with Crippen molar-refractivity contribution in [2.24, 2.45) is 0 Å². The molecule has 3 heterocycles. The summed E-state index contributed by atoms with van der Waals surface area (Å²) in [7, 11) is 1.31. The van der Waals surface area contributed by atoms with Crippen LogP contribution < -0.4 is 0 Å². The summed E-state index contributed by atoms with van der Waals surface area (Å²) >= 11 is 0. The Bertz CT molecular complexity index is 893. The maximum Gasteiger partial charge on any atom is 0.338 e. The molecule has 1 N–H and O–H groups in total. The van der Waals surface area contributed by atoms with Crippen molar-refractivity contribution < 1.29 is 23.8 Å². The van der Waals surface area contributed by atoms with Crippen molar-refractivity contribution in [2.45, 2.75) is 26.1 Å². The summed E-state index contributed by atoms with van der Waals surface area (Å²) < 4.78 is 16.6. The molecule has 2 aromatic heterocycles. The van der Waals surface area contributed by atoms with Gasteiger partial charge in [0.25, 0.3) is 5.79 Å². The first-order chi connectivity index (χ1) is 12.0. The molecule has 2 aliphatic rings. The number of nitrogens with one attached hydrogen (secondary N) is 1. The van der Waals surface area contributed by atoms with Crippen LogP contribution in [0.15, 0.2) is 12.1 Å². The predicted molar refractivity (Wildman–Crippen MR) is 87.4 cm³/mol. The van der Waals surface area contributed by atoms with Crippen molar-refractivity contribution in [1.29, 1.82) is 0 Å². The van der Waals surface area contributed by atoms with Crippen LogP contribution in [-0.4, -0.2) is 42.0 Å². The summed E-state index contributed by atoms with van der Waals surface area (Å²) in [6.45, 7) is 4.43. The van der Waals surface area contributed by atoms with Crippen LogP contribution in [0.2, 0.25) is 0 Å². The molecule has 7 heteroatoms. The van der Waals surface area contributed by atoms with E-state index in [-0.39, 0.29) is 11.5 Å². The van der Waals surface area contributed by atoms with E-state index in [1.165, 1.54) is 7.11 Å². The second kappa shape index (κ2) is 5.50. The van der Waals surface area contributed by atoms with E-state index in [2.05, 4.69) is 9.97 Å². The number of ketones is 1. The largest absolute Gasteiger partial charge is 0.465 e. The number of methoxy groups -OCH3 is 1. The molecule has 25 heavy (non-hydrogen) atoms. The molecule has 4 rings (SSSR count). The molecule has 0 radical (unpaired) electrons. The topological polar surface area (TPSA) is 90.5 Å². The number of aromatic amines is 1. The lowest BCUT2D eigenvalue weighted by atomic mass is 9.84. The Labute approximate surface area is 144 Å². The van der Waals surface area contributed by atoms with Crippen molar-refractivity contribution >= 4 is 11.8 Å². The zero-order valence-corrected chi connectivity index (χ0v) is 14.3. The first-order valence-corrected chi connectivity index (χ1v) is 8.11. The predicted octanol–water partition coefficient (Wildman–Crippen LogP) is 2.27. The number of fused-ring (bicyclic) bond motifs is 4. The summed E-state index contributed by atoms with van der Waals surface area (Å²) in [5.74, 6) is -2.41. The van der Waals surface area contributed by atoms with Gasteiger partial charge in [0.1, 0.15) is 5.69 Å². The van der Waals surface area contributed by atoms with E-state index in [0.717, 1.165) is 12.1 Å². The molecule has 0 unspecified atom stereocenters. The second-order valence-corrected chi connectivity index (χ2v) is 6.26. The molecule has 0 bridgehead atoms. The van der Waals surface area contributed by atoms with Crippen LogP contribution in [0.3, 0.4) is 0 Å². The van der Waals surface area contributed by atoms with Crippen LogP contribution in [0.4, 0.5) is 0 Å². The van der Waals surface area contributed by atoms with E-state index >= 15 is 0 Å². The van der Waals surface area contributed by atoms with Crippen molar-refractivity contribution in [3.8, 4) is 11.3 Å². The molecule has 1 fully saturated rings. The third-order valence-corrected chi connectivity index (χ3v) is 4.52. The van der Waals surface area contributed by atoms with E-state index in [0.29, 0.717) is 41.3 Å². The lowest BCUT2D eigenvalue weighted by Crippen LogP contribution is -2.47. The Morgan fingerprint density at radius 3 is 2.68 bits per heavy atom. The Hall–Kier alpha value is -2.51. The van der Waals surface area contributed by atoms with E-state index in [1.54, 1.807) is 13.0 Å². The number of hydrogen-bond donors (Lipinski definition) is 1. The average molecular weight is 342 g/mol. The van der Waals surface area contributed by atoms with Gasteiger partial charge in [-0.2, -0.15) is 0 Å². The summed E-state index contributed by atoms with van der Waals surface area (Å²) in [6.07, 6.45) is 0.718. The number of rotatable bonds is 1. The van der Waals surface area contributed by atoms with Crippen molar-refractivity contribution in [3.05, 3.63) is 40.3 Å². The number of hydrogen-bond acceptors (Lipinski definition) is 6. The highest BCUT2D eigenvalue weighted by atomic mass is 16.7. The lowest BCUT2D eigenvalue weighted by molar-refractivity contribution is -0.240. The zero-order chi connectivity index (χ0) is 17.8. The van der Waals surface area contributed by atoms with E-state index < -0.39 is 11.8 Å². The van der Waals surface area contributed by atoms with Crippen LogP contribution in [0.1, 0.15) is 44.2 Å². The fraction of sp³-hybridized carbons (Fsp3) is 0.389. The molecule has 0 atom stereocenters. The third-order valence-electron chi connectivity index (χ3n) is 4.52. The third kappa shape index (κ3) is 2.16. The van der Waals surface area contributed by atoms with Crippen LogP contribution in [0.5, 0.6) is 0 Å². The minimum Gasteiger partial charge on any atom is -0.465 e. The molecular formula is C18H18N2O5. The van der Waals surface area contributed by atoms with Crippen molar-refractivity contribution in [1.82, 2.24) is 9.97 Å². The first kappa shape index (κ1) is 16.0. The quantitative estimate of drug-likeness (QED) is 0.800. The van der Waals surface area contributed by atoms with Crippen LogP contribution in [0.25, 0.3) is 11.3 Å². The molecule has 1 aliphatic heterocycles. The smallest absolute Gasteiger partial charge is 0.338 e. The van der Waals surface area contributed by atoms with Gasteiger partial charge in [-0.05, 0) is 32.4 Å². The summed E-state index contributed by atoms with van der Waals surface area (Å²) in [4.78, 5) is 33.2. The molecule has 1 aliphatic carbocycles. The minimum absolute atomic E-state index is 0.164. The second-order valence-electron chi connectivity index (χ2n) is 6.26. The van der Waals surface area contributed by atoms with Gasteiger partial charge in [0.15, 0.2) is 0 Å². The number of esters is 1. The summed E-state index contributed by atoms with van der Waals surface area (Å²) in [5, 5.41) is 0. The number of aryl methyl sites for hydroxylation is 2. The van der Waals surface area contributed by atoms with Gasteiger partial charge in [-0.1, -0.05) is 0 Å². The molecule has 7 nitrogen and oxygen atoms in total. The van der Waals surface area contributed by atoms with Crippen molar-refractivity contribution in [2.75, 3.05) is 20.3 Å². The van der Waals surface area contributed by atoms with E-state index in [4.69, 9.17) is 14.2 Å². The fourth-order valence-corrected chi connectivity index (χ4v) is 3.50. The summed E-state index contributed by atoms with van der Waals surface area (Å²) in [5.41, 5.74) is 3.47. The van der Waals surface area contributed by atoms with Crippen molar-refractivity contribution in [3.63, 3.8) is 0 Å². The number of nitrogens with zero attached hydrogens (tertiary/aromatic N) is 1. The van der Waals surface area contributed by atoms with Gasteiger partial charge in [-0.25, -0.2) is 9.78 Å². The van der Waals surface area contributed by atoms with Crippen LogP contribution >= 0.6 is 0 Å². The maximum atomic E-state index is 13.3. The standard InChI is InChI=1S/C18H18N2O5/c1-9-7-11(17(22)23-3)13-14-12(8-10(2)19-14)18(16(21)15(13)20-9)24-5-4-6-25-18/h7-8,19H,4-6H2,1-3H3. The molecule has 0 amide bonds. The number of carbonyl (C=O) groups excluding carboxylic acids is 2. The Morgan fingerprint density at radius 1 is 1.28 bits per heavy atom. The van der Waals surface area contributed by atoms with Gasteiger partial charge in [0.05, 0.1) is 31.6 Å². The van der Waals surface area contributed by atoms with E-state index in [9.17, 15) is 9.59 Å². The fourth-order valence-electron chi connectivity index (χ4n) is 3.50. The van der Waals surface area contributed by atoms with Crippen LogP contribution in [-0.2, 0) is 20.0 Å². The van der Waals surface area contributed by atoms with Gasteiger partial charge in [0.2, 0.25) is 5.78 Å². The molecule has 0 saturated carbocycles. The number of pyridine rings is 1. The first-order valence-electron chi connectivity index (χ1n) is 8.11. The molecular weight excluding hydrogens is 324 g/mol. The van der Waals surface area contributed by atoms with Gasteiger partial charge < -0.3 is 19.2 Å². The number of aromatic nitrogens is 2. The monoisotopic (exact) mass is 342 g/mol. The Balaban J connectivity index is 2.05. The zero-order valence-electron chi connectivity index (χ0n) is 14.3. The number of Topliss-reactive ketones (excluding diaryl/α,β-unsaturated/α-hetero) is 1. The van der Waals surface area contributed by atoms with Gasteiger partial charge >= 0.3 is 5.97 Å². The Morgan fingerprint density at radius 2 is 2.00 bits per heavy atom. The average Bonchev–Trinajstić information content (AvgIpc) is 3.01. The van der Waals surface area contributed by atoms with Gasteiger partial charge in [-0.15, -0.1) is 0 Å². The maximum absolute atomic E-state index is 13.3. The molecule has 0 aromatic carbocycles. The Kier molecular flexibility index (Phi) is 3.52. The molecule has 1 spiro atoms. The molecule has 130 valence electrons. The number of ether oxygens (including phenoxy) is 3. The highest BCUT2D eigenvalue weighted by molar-refractivity contribution is 6.13. The minimum atomic E-state index is -1.50. The molecule has 2 aromatic rings. The van der Waals surface area contributed by atoms with Crippen LogP contribution in [0, 0.1) is 13.8 Å². The summed E-state index contributed by atoms with van der Waals surface area (Å²) in [6, 6.07) is 3.45. The number of H-pyrrole nitrogens is 1. The van der Waals surface area contributed by atoms with E-state index in [1.807, 2.05) is 13.0 Å².